The van der Waals surface area contributed by atoms with Crippen LogP contribution in [0.15, 0.2) is 53.6 Å². The lowest BCUT2D eigenvalue weighted by Gasteiger charge is -2.22. The molecular weight excluding hydrogens is 316 g/mol. The van der Waals surface area contributed by atoms with Crippen molar-refractivity contribution >= 4 is 11.6 Å². The summed E-state index contributed by atoms with van der Waals surface area (Å²) in [6, 6.07) is 14.5. The molecule has 2 aromatic rings. The Morgan fingerprint density at radius 2 is 2.08 bits per heavy atom. The fourth-order valence-electron chi connectivity index (χ4n) is 3.06. The molecule has 0 bridgehead atoms. The Labute approximate surface area is 147 Å². The van der Waals surface area contributed by atoms with Crippen molar-refractivity contribution in [3.63, 3.8) is 0 Å². The van der Waals surface area contributed by atoms with Gasteiger partial charge in [-0.05, 0) is 24.6 Å². The first-order chi connectivity index (χ1) is 12.1. The van der Waals surface area contributed by atoms with Gasteiger partial charge in [0.25, 0.3) is 0 Å². The van der Waals surface area contributed by atoms with Crippen molar-refractivity contribution in [1.29, 1.82) is 0 Å². The highest BCUT2D eigenvalue weighted by Crippen LogP contribution is 2.37. The Hall–Kier alpha value is -2.82. The quantitative estimate of drug-likeness (QED) is 0.900. The molecule has 2 aromatic carbocycles. The highest BCUT2D eigenvalue weighted by molar-refractivity contribution is 6.03. The van der Waals surface area contributed by atoms with Crippen LogP contribution in [-0.2, 0) is 4.79 Å². The fourth-order valence-corrected chi connectivity index (χ4v) is 3.06. The van der Waals surface area contributed by atoms with E-state index in [1.165, 1.54) is 5.01 Å². The maximum atomic E-state index is 12.6. The molecule has 0 aliphatic carbocycles. The molecule has 0 radical (unpaired) electrons. The monoisotopic (exact) mass is 338 g/mol. The van der Waals surface area contributed by atoms with Crippen molar-refractivity contribution in [3.05, 3.63) is 59.7 Å². The van der Waals surface area contributed by atoms with Gasteiger partial charge in [-0.25, -0.2) is 5.01 Å². The van der Waals surface area contributed by atoms with Crippen molar-refractivity contribution in [2.24, 2.45) is 5.10 Å². The molecule has 1 N–H and O–H groups in total. The third-order valence-electron chi connectivity index (χ3n) is 4.33. The summed E-state index contributed by atoms with van der Waals surface area (Å²) in [4.78, 5) is 12.6. The Morgan fingerprint density at radius 1 is 1.28 bits per heavy atom. The van der Waals surface area contributed by atoms with Gasteiger partial charge in [-0.3, -0.25) is 4.79 Å². The maximum absolute atomic E-state index is 12.6. The number of rotatable bonds is 5. The molecule has 1 aliphatic rings. The molecule has 5 heteroatoms. The second-order valence-corrected chi connectivity index (χ2v) is 6.05. The molecule has 1 heterocycles. The third-order valence-corrected chi connectivity index (χ3v) is 4.33. The number of ether oxygens (including phenoxy) is 1. The Morgan fingerprint density at radius 3 is 2.80 bits per heavy atom. The summed E-state index contributed by atoms with van der Waals surface area (Å²) in [5, 5.41) is 16.3. The molecule has 1 amide bonds. The van der Waals surface area contributed by atoms with Crippen molar-refractivity contribution < 1.29 is 14.6 Å². The van der Waals surface area contributed by atoms with Gasteiger partial charge in [0.1, 0.15) is 11.5 Å². The van der Waals surface area contributed by atoms with E-state index in [0.29, 0.717) is 18.4 Å². The zero-order valence-electron chi connectivity index (χ0n) is 14.5. The minimum atomic E-state index is -0.290. The molecular formula is C20H22N2O3. The predicted molar refractivity (Wildman–Crippen MR) is 96.7 cm³/mol. The Bertz CT molecular complexity index is 801. The van der Waals surface area contributed by atoms with Crippen LogP contribution in [0.5, 0.6) is 11.5 Å². The summed E-state index contributed by atoms with van der Waals surface area (Å²) in [7, 11) is 1.62. The van der Waals surface area contributed by atoms with Gasteiger partial charge in [0.15, 0.2) is 0 Å². The van der Waals surface area contributed by atoms with E-state index in [2.05, 4.69) is 5.10 Å². The molecule has 5 nitrogen and oxygen atoms in total. The smallest absolute Gasteiger partial charge is 0.243 e. The average molecular weight is 338 g/mol. The largest absolute Gasteiger partial charge is 0.508 e. The van der Waals surface area contributed by atoms with Crippen LogP contribution < -0.4 is 4.74 Å². The summed E-state index contributed by atoms with van der Waals surface area (Å²) in [5.74, 6) is 0.898. The topological polar surface area (TPSA) is 62.1 Å². The highest BCUT2D eigenvalue weighted by atomic mass is 16.5. The number of phenolic OH excluding ortho intramolecular Hbond substituents is 1. The van der Waals surface area contributed by atoms with Crippen LogP contribution in [0.3, 0.4) is 0 Å². The lowest BCUT2D eigenvalue weighted by atomic mass is 9.97. The first kappa shape index (κ1) is 17.0. The zero-order valence-corrected chi connectivity index (χ0v) is 14.5. The maximum Gasteiger partial charge on any atom is 0.243 e. The first-order valence-corrected chi connectivity index (χ1v) is 8.46. The Balaban J connectivity index is 1.97. The predicted octanol–water partition coefficient (Wildman–Crippen LogP) is 3.88. The fraction of sp³-hybridized carbons (Fsp3) is 0.300. The normalized spacial score (nSPS) is 16.6. The van der Waals surface area contributed by atoms with Crippen LogP contribution in [0.4, 0.5) is 0 Å². The van der Waals surface area contributed by atoms with E-state index in [4.69, 9.17) is 4.74 Å². The molecule has 3 rings (SSSR count). The number of aromatic hydroxyl groups is 1. The number of hydrogen-bond donors (Lipinski definition) is 1. The summed E-state index contributed by atoms with van der Waals surface area (Å²) in [5.41, 5.74) is 2.46. The Kier molecular flexibility index (Phi) is 5.03. The lowest BCUT2D eigenvalue weighted by Crippen LogP contribution is -2.26. The zero-order chi connectivity index (χ0) is 17.8. The molecule has 0 saturated carbocycles. The number of hydrazone groups is 1. The van der Waals surface area contributed by atoms with E-state index in [9.17, 15) is 9.90 Å². The molecule has 1 atom stereocenters. The van der Waals surface area contributed by atoms with E-state index < -0.39 is 0 Å². The van der Waals surface area contributed by atoms with E-state index in [1.807, 2.05) is 43.3 Å². The van der Waals surface area contributed by atoms with Gasteiger partial charge in [-0.1, -0.05) is 37.3 Å². The molecule has 0 aromatic heterocycles. The van der Waals surface area contributed by atoms with Crippen LogP contribution in [0.2, 0.25) is 0 Å². The van der Waals surface area contributed by atoms with Gasteiger partial charge in [0.2, 0.25) is 5.91 Å². The average Bonchev–Trinajstić information content (AvgIpc) is 3.07. The number of carbonyl (C=O) groups excluding carboxylic acids is 1. The molecule has 1 aliphatic heterocycles. The van der Waals surface area contributed by atoms with Gasteiger partial charge >= 0.3 is 0 Å². The van der Waals surface area contributed by atoms with E-state index in [1.54, 1.807) is 19.2 Å². The second kappa shape index (κ2) is 7.38. The number of methoxy groups -OCH3 is 1. The van der Waals surface area contributed by atoms with Crippen LogP contribution in [-0.4, -0.2) is 28.8 Å². The van der Waals surface area contributed by atoms with Crippen LogP contribution in [0.25, 0.3) is 0 Å². The van der Waals surface area contributed by atoms with Crippen molar-refractivity contribution in [3.8, 4) is 11.5 Å². The summed E-state index contributed by atoms with van der Waals surface area (Å²) in [6.07, 6.45) is 1.74. The standard InChI is InChI=1S/C20H22N2O3/c1-3-7-20(24)22-18(16-10-4-5-11-19(16)23)13-17(21-22)14-8-6-9-15(12-14)25-2/h4-6,8-12,18,23H,3,7,13H2,1-2H3. The van der Waals surface area contributed by atoms with Gasteiger partial charge in [-0.2, -0.15) is 5.10 Å². The number of benzene rings is 2. The first-order valence-electron chi connectivity index (χ1n) is 8.46. The third kappa shape index (κ3) is 3.50. The highest BCUT2D eigenvalue weighted by Gasteiger charge is 2.34. The number of para-hydroxylation sites is 1. The van der Waals surface area contributed by atoms with Crippen molar-refractivity contribution in [2.45, 2.75) is 32.2 Å². The molecule has 0 spiro atoms. The summed E-state index contributed by atoms with van der Waals surface area (Å²) >= 11 is 0. The number of nitrogens with zero attached hydrogens (tertiary/aromatic N) is 2. The van der Waals surface area contributed by atoms with E-state index in [-0.39, 0.29) is 17.7 Å². The lowest BCUT2D eigenvalue weighted by molar-refractivity contribution is -0.133. The summed E-state index contributed by atoms with van der Waals surface area (Å²) in [6.45, 7) is 1.97. The van der Waals surface area contributed by atoms with Crippen LogP contribution in [0.1, 0.15) is 43.4 Å². The van der Waals surface area contributed by atoms with Crippen LogP contribution in [0, 0.1) is 0 Å². The number of carbonyl (C=O) groups is 1. The molecule has 0 fully saturated rings. The molecule has 1 unspecified atom stereocenters. The molecule has 130 valence electrons. The molecule has 25 heavy (non-hydrogen) atoms. The molecule has 0 saturated heterocycles. The minimum absolute atomic E-state index is 0.0337. The number of phenols is 1. The van der Waals surface area contributed by atoms with Gasteiger partial charge in [0, 0.05) is 24.0 Å². The van der Waals surface area contributed by atoms with Crippen molar-refractivity contribution in [2.75, 3.05) is 7.11 Å². The van der Waals surface area contributed by atoms with Gasteiger partial charge in [-0.15, -0.1) is 0 Å². The van der Waals surface area contributed by atoms with Crippen molar-refractivity contribution in [1.82, 2.24) is 5.01 Å². The van der Waals surface area contributed by atoms with Crippen LogP contribution >= 0.6 is 0 Å². The van der Waals surface area contributed by atoms with E-state index in [0.717, 1.165) is 23.4 Å². The SMILES string of the molecule is CCCC(=O)N1N=C(c2cccc(OC)c2)CC1c1ccccc1O. The summed E-state index contributed by atoms with van der Waals surface area (Å²) < 4.78 is 5.28. The van der Waals surface area contributed by atoms with Gasteiger partial charge < -0.3 is 9.84 Å². The van der Waals surface area contributed by atoms with E-state index >= 15 is 0 Å². The minimum Gasteiger partial charge on any atom is -0.508 e. The number of hydrogen-bond acceptors (Lipinski definition) is 4. The van der Waals surface area contributed by atoms with Gasteiger partial charge in [0.05, 0.1) is 18.9 Å². The second-order valence-electron chi connectivity index (χ2n) is 6.05. The number of amides is 1.